The number of esters is 1. The van der Waals surface area contributed by atoms with Crippen LogP contribution in [0.1, 0.15) is 37.0 Å². The highest BCUT2D eigenvalue weighted by molar-refractivity contribution is 9.11. The Kier molecular flexibility index (Phi) is 9.37. The molecule has 4 aliphatic rings. The van der Waals surface area contributed by atoms with Gasteiger partial charge in [-0.1, -0.05) is 82.1 Å². The second-order valence-corrected chi connectivity index (χ2v) is 13.8. The predicted molar refractivity (Wildman–Crippen MR) is 179 cm³/mol. The average molecular weight is 727 g/mol. The number of likely N-dealkylation sites (tertiary alicyclic amines) is 1. The minimum absolute atomic E-state index is 0.0953. The first kappa shape index (κ1) is 33.4. The Morgan fingerprint density at radius 1 is 1.02 bits per heavy atom. The topological polar surface area (TPSA) is 117 Å². The lowest BCUT2D eigenvalue weighted by atomic mass is 9.74. The fourth-order valence-corrected chi connectivity index (χ4v) is 8.48. The molecule has 5 bridgehead atoms. The van der Waals surface area contributed by atoms with Gasteiger partial charge in [-0.15, -0.1) is 0 Å². The van der Waals surface area contributed by atoms with E-state index in [1.165, 1.54) is 9.80 Å². The van der Waals surface area contributed by atoms with Gasteiger partial charge in [-0.25, -0.2) is 0 Å². The normalized spacial score (nSPS) is 32.0. The number of amides is 3. The van der Waals surface area contributed by atoms with Crippen LogP contribution in [-0.4, -0.2) is 89.1 Å². The molecule has 2 aromatic carbocycles. The zero-order valence-electron chi connectivity index (χ0n) is 26.3. The summed E-state index contributed by atoms with van der Waals surface area (Å²) in [6.07, 6.45) is 4.25. The van der Waals surface area contributed by atoms with E-state index >= 15 is 0 Å². The van der Waals surface area contributed by atoms with Crippen LogP contribution in [0.5, 0.6) is 0 Å². The fraction of sp³-hybridized carbons (Fsp3) is 0.429. The second kappa shape index (κ2) is 13.2. The van der Waals surface area contributed by atoms with Crippen LogP contribution < -0.4 is 4.90 Å². The smallest absolute Gasteiger partial charge is 0.313 e. The summed E-state index contributed by atoms with van der Waals surface area (Å²) in [6, 6.07) is 12.7. The Labute approximate surface area is 287 Å². The first-order chi connectivity index (χ1) is 22.5. The van der Waals surface area contributed by atoms with Gasteiger partial charge in [0.2, 0.25) is 11.8 Å². The van der Waals surface area contributed by atoms with Crippen molar-refractivity contribution in [3.63, 3.8) is 0 Å². The van der Waals surface area contributed by atoms with Crippen molar-refractivity contribution in [3.8, 4) is 0 Å². The van der Waals surface area contributed by atoms with Gasteiger partial charge in [0.15, 0.2) is 0 Å². The number of fused-ring (bicyclic) bond motifs is 2. The van der Waals surface area contributed by atoms with Crippen LogP contribution in [0.25, 0.3) is 0 Å². The second-order valence-electron chi connectivity index (χ2n) is 12.5. The maximum atomic E-state index is 14.9. The molecule has 2 saturated heterocycles. The number of ether oxygens (including phenoxy) is 2. The number of nitrogens with zero attached hydrogens (tertiary/aromatic N) is 3. The monoisotopic (exact) mass is 725 g/mol. The quantitative estimate of drug-likeness (QED) is 0.369. The third-order valence-electron chi connectivity index (χ3n) is 9.79. The molecule has 4 aliphatic heterocycles. The number of aliphatic hydroxyl groups excluding tert-OH is 1. The predicted octanol–water partition coefficient (Wildman–Crippen LogP) is 4.33. The lowest BCUT2D eigenvalue weighted by Crippen LogP contribution is -2.56. The highest BCUT2D eigenvalue weighted by Crippen LogP contribution is 2.59. The number of allylic oxidation sites excluding steroid dienone is 1. The van der Waals surface area contributed by atoms with Crippen molar-refractivity contribution in [3.05, 3.63) is 87.4 Å². The number of carbonyl (C=O) groups excluding carboxylic acids is 4. The summed E-state index contributed by atoms with van der Waals surface area (Å²) < 4.78 is 13.3. The van der Waals surface area contributed by atoms with Crippen molar-refractivity contribution < 1.29 is 33.8 Å². The third-order valence-corrected chi connectivity index (χ3v) is 10.8. The molecule has 1 spiro atoms. The molecule has 1 N–H and O–H groups in total. The molecule has 0 aliphatic carbocycles. The highest BCUT2D eigenvalue weighted by Gasteiger charge is 2.75. The van der Waals surface area contributed by atoms with E-state index in [0.29, 0.717) is 27.2 Å². The minimum Gasteiger partial charge on any atom is -0.455 e. The lowest BCUT2D eigenvalue weighted by Gasteiger charge is -2.36. The summed E-state index contributed by atoms with van der Waals surface area (Å²) in [5.74, 6) is -3.96. The Morgan fingerprint density at radius 3 is 2.47 bits per heavy atom. The number of aryl methyl sites for hydroxylation is 1. The molecule has 12 heteroatoms. The molecule has 47 heavy (non-hydrogen) atoms. The largest absolute Gasteiger partial charge is 0.455 e. The Morgan fingerprint density at radius 2 is 1.77 bits per heavy atom. The lowest BCUT2D eigenvalue weighted by molar-refractivity contribution is -0.164. The van der Waals surface area contributed by atoms with Crippen molar-refractivity contribution in [2.75, 3.05) is 31.6 Å². The number of anilines is 1. The van der Waals surface area contributed by atoms with E-state index < -0.39 is 66.1 Å². The van der Waals surface area contributed by atoms with Crippen LogP contribution in [0.2, 0.25) is 5.02 Å². The first-order valence-electron chi connectivity index (χ1n) is 15.7. The number of hydrogen-bond acceptors (Lipinski definition) is 7. The van der Waals surface area contributed by atoms with Gasteiger partial charge in [0, 0.05) is 31.0 Å². The van der Waals surface area contributed by atoms with Gasteiger partial charge in [0.05, 0.1) is 29.3 Å². The van der Waals surface area contributed by atoms with Crippen LogP contribution in [0, 0.1) is 18.8 Å². The van der Waals surface area contributed by atoms with Crippen molar-refractivity contribution in [2.45, 2.75) is 56.6 Å². The number of β-amino-alcohol motifs (C(OH)–C–C–N with tert-alkyl or cyclic N) is 1. The molecular formula is C35H37BrClN3O7. The van der Waals surface area contributed by atoms with Crippen molar-refractivity contribution in [2.24, 2.45) is 11.8 Å². The van der Waals surface area contributed by atoms with Crippen LogP contribution in [0.4, 0.5) is 5.69 Å². The highest BCUT2D eigenvalue weighted by atomic mass is 79.9. The van der Waals surface area contributed by atoms with E-state index in [9.17, 15) is 24.3 Å². The number of likely N-dealkylation sites (N-methyl/N-ethyl adjacent to an activating group) is 1. The number of benzene rings is 2. The third kappa shape index (κ3) is 5.60. The summed E-state index contributed by atoms with van der Waals surface area (Å²) in [4.78, 5) is 61.3. The van der Waals surface area contributed by atoms with Crippen LogP contribution in [0.15, 0.2) is 71.2 Å². The molecule has 2 aromatic rings. The number of rotatable bonds is 4. The van der Waals surface area contributed by atoms with Gasteiger partial charge in [-0.2, -0.15) is 0 Å². The molecule has 0 unspecified atom stereocenters. The van der Waals surface area contributed by atoms with Crippen molar-refractivity contribution in [1.29, 1.82) is 0 Å². The number of halogens is 2. The number of carbonyl (C=O) groups is 4. The van der Waals surface area contributed by atoms with Crippen LogP contribution >= 0.6 is 27.5 Å². The fourth-order valence-electron chi connectivity index (χ4n) is 7.42. The molecule has 0 radical (unpaired) electrons. The average Bonchev–Trinajstić information content (AvgIpc) is 3.64. The van der Waals surface area contributed by atoms with Gasteiger partial charge < -0.3 is 29.3 Å². The number of aliphatic hydroxyl groups is 1. The summed E-state index contributed by atoms with van der Waals surface area (Å²) in [5, 5.41) is 10.4. The summed E-state index contributed by atoms with van der Waals surface area (Å²) >= 11 is 10.3. The number of cyclic esters (lactones) is 1. The SMILES string of the molecule is Cc1cccc(Cl)c1N1C/C=C\CCC(=O)N(C)[C@@H](C)[C@H](c2ccccc2)OC(=O)[C@H]2[C@@H]3O[C@@]4(C=C3Br)[C@@H]2C(=O)N(CCO)[C@@H]4C1=O. The Hall–Kier alpha value is -3.51. The van der Waals surface area contributed by atoms with E-state index in [2.05, 4.69) is 15.9 Å². The van der Waals surface area contributed by atoms with Gasteiger partial charge in [0.1, 0.15) is 29.8 Å². The van der Waals surface area contributed by atoms with Crippen LogP contribution in [0.3, 0.4) is 0 Å². The van der Waals surface area contributed by atoms with Gasteiger partial charge in [0.25, 0.3) is 5.91 Å². The maximum Gasteiger partial charge on any atom is 0.313 e. The molecule has 248 valence electrons. The van der Waals surface area contributed by atoms with Crippen LogP contribution in [-0.2, 0) is 28.7 Å². The molecule has 6 rings (SSSR count). The molecule has 3 amide bonds. The van der Waals surface area contributed by atoms with Gasteiger partial charge in [-0.05, 0) is 43.5 Å². The van der Waals surface area contributed by atoms with E-state index in [1.54, 1.807) is 36.2 Å². The van der Waals surface area contributed by atoms with E-state index in [1.807, 2.05) is 56.3 Å². The summed E-state index contributed by atoms with van der Waals surface area (Å²) in [6.45, 7) is 3.21. The van der Waals surface area contributed by atoms with E-state index in [-0.39, 0.29) is 25.4 Å². The Balaban J connectivity index is 1.50. The number of hydrogen-bond donors (Lipinski definition) is 1. The first-order valence-corrected chi connectivity index (χ1v) is 16.9. The summed E-state index contributed by atoms with van der Waals surface area (Å²) in [5.41, 5.74) is 0.393. The molecule has 10 nitrogen and oxygen atoms in total. The zero-order valence-corrected chi connectivity index (χ0v) is 28.7. The maximum absolute atomic E-state index is 14.9. The van der Waals surface area contributed by atoms with E-state index in [0.717, 1.165) is 5.56 Å². The molecular weight excluding hydrogens is 690 g/mol. The molecule has 2 fully saturated rings. The molecule has 0 aromatic heterocycles. The van der Waals surface area contributed by atoms with E-state index in [4.69, 9.17) is 21.1 Å². The Bertz CT molecular complexity index is 1630. The summed E-state index contributed by atoms with van der Waals surface area (Å²) in [7, 11) is 1.68. The zero-order chi connectivity index (χ0) is 33.6. The molecule has 4 heterocycles. The van der Waals surface area contributed by atoms with Gasteiger partial charge >= 0.3 is 5.97 Å². The minimum atomic E-state index is -1.51. The molecule has 0 saturated carbocycles. The molecule has 7 atom stereocenters. The number of para-hydroxylation sites is 1. The van der Waals surface area contributed by atoms with Crippen molar-refractivity contribution >= 4 is 56.9 Å². The van der Waals surface area contributed by atoms with Crippen molar-refractivity contribution in [1.82, 2.24) is 9.80 Å². The van der Waals surface area contributed by atoms with Gasteiger partial charge in [-0.3, -0.25) is 19.2 Å². The standard InChI is InChI=1S/C35H37BrClN3O7/c1-20-11-10-14-24(37)28(20)39-16-9-5-8-15-25(42)38(3)21(2)29(22-12-6-4-7-13-22)46-34(45)26-27-32(43)40(17-18-41)31(33(39)44)35(27)19-23(36)30(26)47-35/h4-7,9-14,19,21,26-27,29-31,41H,8,15-18H2,1-3H3/b9-5-/t21-,26+,27-,29+,30+,31+,35-/m0/s1.